The number of carbonyl (C=O) groups is 4. The zero-order valence-electron chi connectivity index (χ0n) is 39.9. The number of benzene rings is 3. The lowest BCUT2D eigenvalue weighted by molar-refractivity contribution is -0.384. The molecule has 19 nitrogen and oxygen atoms in total. The van der Waals surface area contributed by atoms with Gasteiger partial charge in [0.25, 0.3) is 14.0 Å². The summed E-state index contributed by atoms with van der Waals surface area (Å²) in [5, 5.41) is 12.9. The number of hydrogen-bond donors (Lipinski definition) is 0. The molecule has 11 atom stereocenters. The minimum absolute atomic E-state index is 0.166. The lowest BCUT2D eigenvalue weighted by Crippen LogP contribution is -2.71. The Kier molecular flexibility index (Phi) is 16.8. The first-order chi connectivity index (χ1) is 32.1. The van der Waals surface area contributed by atoms with Crippen molar-refractivity contribution < 1.29 is 80.6 Å². The summed E-state index contributed by atoms with van der Waals surface area (Å²) < 4.78 is 75.4. The molecule has 0 saturated carbocycles. The highest BCUT2D eigenvalue weighted by molar-refractivity contribution is 6.99. The number of non-ortho nitro benzene ring substituents is 1. The molecule has 3 aliphatic heterocycles. The van der Waals surface area contributed by atoms with Crippen molar-refractivity contribution in [2.75, 3.05) is 19.8 Å². The first-order valence-electron chi connectivity index (χ1n) is 22.3. The number of carbonyl (C=O) groups excluding carboxylic acids is 4. The van der Waals surface area contributed by atoms with E-state index in [2.05, 4.69) is 45.0 Å². The van der Waals surface area contributed by atoms with Crippen LogP contribution in [0.5, 0.6) is 5.75 Å². The van der Waals surface area contributed by atoms with Gasteiger partial charge in [-0.05, 0) is 48.3 Å². The predicted molar refractivity (Wildman–Crippen MR) is 242 cm³/mol. The summed E-state index contributed by atoms with van der Waals surface area (Å²) in [4.78, 5) is 60.7. The van der Waals surface area contributed by atoms with E-state index >= 15 is 0 Å². The van der Waals surface area contributed by atoms with Gasteiger partial charge in [0.2, 0.25) is 0 Å². The number of esters is 4. The van der Waals surface area contributed by atoms with Crippen molar-refractivity contribution in [2.45, 2.75) is 148 Å². The summed E-state index contributed by atoms with van der Waals surface area (Å²) in [6.07, 6.45) is -12.5. The number of hydrogen-bond acceptors (Lipinski definition) is 18. The topological polar surface area (TPSA) is 222 Å². The van der Waals surface area contributed by atoms with Gasteiger partial charge in [0.15, 0.2) is 36.7 Å². The van der Waals surface area contributed by atoms with E-state index in [1.54, 1.807) is 0 Å². The Morgan fingerprint density at radius 3 is 1.78 bits per heavy atom. The van der Waals surface area contributed by atoms with Crippen LogP contribution in [-0.4, -0.2) is 130 Å². The second kappa shape index (κ2) is 22.0. The highest BCUT2D eigenvalue weighted by Gasteiger charge is 2.60. The standard InChI is InChI=1S/C48H61NO18Si/c1-28-39-42(66-48(9,10)65-39)44(67-68(47(6,7)8,36-17-13-11-14-18-36)37-19-15-12-16-20-37)45(59-28)58-26-35(25-57-34-23-21-33(22-24-34)49(54)55)63-46-43(62-32(5)53)41(61-31(4)52)40(60-30(3)51)38(64-46)27-56-29(2)50/h11-24,28,35,38-46H,25-27H2,1-10H3/t28-,35?,38+,39+,40-,41-,42+,43+,44-,45+,46+/m0/s1. The largest absolute Gasteiger partial charge is 0.491 e. The van der Waals surface area contributed by atoms with Crippen LogP contribution >= 0.6 is 0 Å². The summed E-state index contributed by atoms with van der Waals surface area (Å²) in [6.45, 7) is 15.3. The Labute approximate surface area is 396 Å². The Hall–Kier alpha value is -5.32. The fraction of sp³-hybridized carbons (Fsp3) is 0.542. The van der Waals surface area contributed by atoms with Gasteiger partial charge in [-0.1, -0.05) is 81.4 Å². The van der Waals surface area contributed by atoms with Crippen molar-refractivity contribution >= 4 is 48.3 Å². The van der Waals surface area contributed by atoms with E-state index in [0.717, 1.165) is 38.1 Å². The van der Waals surface area contributed by atoms with Crippen molar-refractivity contribution in [3.63, 3.8) is 0 Å². The molecule has 0 aromatic heterocycles. The minimum atomic E-state index is -3.34. The quantitative estimate of drug-likeness (QED) is 0.0556. The van der Waals surface area contributed by atoms with E-state index in [1.165, 1.54) is 24.3 Å². The van der Waals surface area contributed by atoms with Gasteiger partial charge >= 0.3 is 23.9 Å². The van der Waals surface area contributed by atoms with E-state index in [1.807, 2.05) is 57.2 Å². The van der Waals surface area contributed by atoms with Crippen LogP contribution in [0.15, 0.2) is 84.9 Å². The molecule has 3 aromatic rings. The summed E-state index contributed by atoms with van der Waals surface area (Å²) in [5.41, 5.74) is -0.166. The highest BCUT2D eigenvalue weighted by atomic mass is 28.4. The summed E-state index contributed by atoms with van der Waals surface area (Å²) in [7, 11) is -3.34. The number of ether oxygens (including phenoxy) is 11. The average molecular weight is 968 g/mol. The van der Waals surface area contributed by atoms with Gasteiger partial charge in [-0.25, -0.2) is 0 Å². The number of fused-ring (bicyclic) bond motifs is 1. The maximum Gasteiger partial charge on any atom is 0.303 e. The molecule has 6 rings (SSSR count). The summed E-state index contributed by atoms with van der Waals surface area (Å²) in [5.74, 6) is -3.95. The van der Waals surface area contributed by atoms with Crippen LogP contribution in [0.25, 0.3) is 0 Å². The van der Waals surface area contributed by atoms with Gasteiger partial charge in [-0.15, -0.1) is 0 Å². The molecule has 370 valence electrons. The van der Waals surface area contributed by atoms with Crippen LogP contribution in [0, 0.1) is 10.1 Å². The normalized spacial score (nSPS) is 27.2. The minimum Gasteiger partial charge on any atom is -0.491 e. The molecule has 0 aliphatic carbocycles. The van der Waals surface area contributed by atoms with Crippen molar-refractivity contribution in [1.29, 1.82) is 0 Å². The molecule has 1 unspecified atom stereocenters. The molecule has 3 saturated heterocycles. The van der Waals surface area contributed by atoms with Crippen LogP contribution < -0.4 is 15.1 Å². The zero-order chi connectivity index (χ0) is 49.6. The molecule has 0 N–H and O–H groups in total. The molecular formula is C48H61NO18Si. The molecule has 3 heterocycles. The number of nitro groups is 1. The molecule has 0 spiro atoms. The first kappa shape index (κ1) is 52.1. The third kappa shape index (κ3) is 12.5. The molecule has 0 radical (unpaired) electrons. The Morgan fingerprint density at radius 2 is 1.25 bits per heavy atom. The van der Waals surface area contributed by atoms with E-state index in [-0.39, 0.29) is 24.7 Å². The van der Waals surface area contributed by atoms with Gasteiger partial charge in [-0.2, -0.15) is 0 Å². The molecule has 68 heavy (non-hydrogen) atoms. The lowest BCUT2D eigenvalue weighted by Gasteiger charge is -2.49. The van der Waals surface area contributed by atoms with Gasteiger partial charge in [-0.3, -0.25) is 29.3 Å². The summed E-state index contributed by atoms with van der Waals surface area (Å²) >= 11 is 0. The van der Waals surface area contributed by atoms with Gasteiger partial charge in [0, 0.05) is 39.8 Å². The van der Waals surface area contributed by atoms with Crippen molar-refractivity contribution in [2.24, 2.45) is 0 Å². The Bertz CT molecular complexity index is 2170. The molecule has 3 aromatic carbocycles. The van der Waals surface area contributed by atoms with E-state index in [0.29, 0.717) is 0 Å². The second-order valence-electron chi connectivity index (χ2n) is 18.2. The third-order valence-corrected chi connectivity index (χ3v) is 16.5. The number of nitrogens with zero attached hydrogens (tertiary/aromatic N) is 1. The van der Waals surface area contributed by atoms with Gasteiger partial charge in [0.05, 0.1) is 17.6 Å². The maximum atomic E-state index is 12.7. The Balaban J connectivity index is 1.41. The van der Waals surface area contributed by atoms with Gasteiger partial charge < -0.3 is 56.5 Å². The molecule has 3 fully saturated rings. The van der Waals surface area contributed by atoms with Crippen LogP contribution in [0.4, 0.5) is 5.69 Å². The summed E-state index contributed by atoms with van der Waals surface area (Å²) in [6, 6.07) is 25.4. The van der Waals surface area contributed by atoms with Crippen LogP contribution in [0.2, 0.25) is 5.04 Å². The van der Waals surface area contributed by atoms with Crippen molar-refractivity contribution in [1.82, 2.24) is 0 Å². The van der Waals surface area contributed by atoms with Crippen LogP contribution in [0.1, 0.15) is 69.2 Å². The number of rotatable bonds is 18. The zero-order valence-corrected chi connectivity index (χ0v) is 40.9. The third-order valence-electron chi connectivity index (χ3n) is 11.5. The lowest BCUT2D eigenvalue weighted by atomic mass is 9.98. The average Bonchev–Trinajstić information content (AvgIpc) is 3.61. The van der Waals surface area contributed by atoms with Crippen molar-refractivity contribution in [3.8, 4) is 5.75 Å². The van der Waals surface area contributed by atoms with Crippen LogP contribution in [-0.2, 0) is 71.0 Å². The maximum absolute atomic E-state index is 12.7. The molecule has 3 aliphatic rings. The van der Waals surface area contributed by atoms with E-state index < -0.39 is 122 Å². The number of nitro benzene ring substituents is 1. The highest BCUT2D eigenvalue weighted by Crippen LogP contribution is 2.44. The SMILES string of the molecule is CC(=O)OC[C@H]1O[C@@H](OC(COc2ccc([N+](=O)[O-])cc2)CO[C@@H]2O[C@@H](C)[C@H]3OC(C)(C)O[C@H]3[C@@H]2O[Si](c2ccccc2)(c2ccccc2)C(C)(C)C)[C@H](OC(C)=O)[C@@H](OC(C)=O)[C@H]1OC(C)=O. The van der Waals surface area contributed by atoms with E-state index in [9.17, 15) is 29.3 Å². The molecular weight excluding hydrogens is 907 g/mol. The molecule has 20 heteroatoms. The molecule has 0 bridgehead atoms. The fourth-order valence-electron chi connectivity index (χ4n) is 8.78. The van der Waals surface area contributed by atoms with Gasteiger partial charge in [0.1, 0.15) is 49.5 Å². The fourth-order valence-corrected chi connectivity index (χ4v) is 13.4. The Morgan fingerprint density at radius 1 is 0.706 bits per heavy atom. The predicted octanol–water partition coefficient (Wildman–Crippen LogP) is 4.67. The first-order valence-corrected chi connectivity index (χ1v) is 24.2. The van der Waals surface area contributed by atoms with Crippen LogP contribution in [0.3, 0.4) is 0 Å². The molecule has 0 amide bonds. The van der Waals surface area contributed by atoms with E-state index in [4.69, 9.17) is 56.5 Å². The van der Waals surface area contributed by atoms with Crippen molar-refractivity contribution in [3.05, 3.63) is 95.0 Å². The second-order valence-corrected chi connectivity index (χ2v) is 22.5. The smallest absolute Gasteiger partial charge is 0.303 e. The monoisotopic (exact) mass is 967 g/mol.